The summed E-state index contributed by atoms with van der Waals surface area (Å²) in [7, 11) is -3.24. The van der Waals surface area contributed by atoms with Gasteiger partial charge in [0.1, 0.15) is 6.10 Å². The van der Waals surface area contributed by atoms with Crippen LogP contribution in [0.3, 0.4) is 0 Å². The molecule has 5 fully saturated rings. The van der Waals surface area contributed by atoms with Crippen LogP contribution >= 0.6 is 0 Å². The van der Waals surface area contributed by atoms with Gasteiger partial charge in [-0.15, -0.1) is 0 Å². The first kappa shape index (κ1) is 28.2. The van der Waals surface area contributed by atoms with E-state index in [1.165, 1.54) is 16.6 Å². The Morgan fingerprint density at radius 3 is 2.42 bits per heavy atom. The summed E-state index contributed by atoms with van der Waals surface area (Å²) in [6, 6.07) is 3.38. The minimum Gasteiger partial charge on any atom is -0.446 e. The first-order valence-corrected chi connectivity index (χ1v) is 16.9. The minimum absolute atomic E-state index is 0.113. The highest BCUT2D eigenvalue weighted by atomic mass is 32.2. The quantitative estimate of drug-likeness (QED) is 0.579. The third kappa shape index (κ3) is 4.44. The zero-order valence-corrected chi connectivity index (χ0v) is 24.8. The van der Waals surface area contributed by atoms with Gasteiger partial charge in [-0.2, -0.15) is 4.31 Å². The van der Waals surface area contributed by atoms with E-state index in [-0.39, 0.29) is 40.5 Å². The molecule has 40 heavy (non-hydrogen) atoms. The maximum atomic E-state index is 12.9. The lowest BCUT2D eigenvalue weighted by Crippen LogP contribution is -2.62. The minimum atomic E-state index is -3.24. The number of hydrogen-bond acceptors (Lipinski definition) is 7. The van der Waals surface area contributed by atoms with Crippen LogP contribution in [0, 0.1) is 28.6 Å². The second kappa shape index (κ2) is 9.83. The van der Waals surface area contributed by atoms with Crippen molar-refractivity contribution in [2.24, 2.45) is 28.6 Å². The molecule has 2 heterocycles. The zero-order chi connectivity index (χ0) is 28.5. The summed E-state index contributed by atoms with van der Waals surface area (Å²) in [5, 5.41) is 12.4. The molecule has 1 amide bonds. The number of sulfonamides is 1. The average molecular weight is 577 g/mol. The molecule has 0 spiro atoms. The lowest BCUT2D eigenvalue weighted by atomic mass is 9.43. The lowest BCUT2D eigenvalue weighted by Gasteiger charge is -2.63. The van der Waals surface area contributed by atoms with E-state index in [4.69, 9.17) is 9.15 Å². The Kier molecular flexibility index (Phi) is 6.94. The molecule has 0 aromatic carbocycles. The first-order valence-electron chi connectivity index (χ1n) is 15.1. The fourth-order valence-electron chi connectivity index (χ4n) is 9.81. The fraction of sp³-hybridized carbons (Fsp3) is 0.800. The van der Waals surface area contributed by atoms with Gasteiger partial charge in [0.05, 0.1) is 18.1 Å². The van der Waals surface area contributed by atoms with Gasteiger partial charge in [-0.1, -0.05) is 13.8 Å². The van der Waals surface area contributed by atoms with E-state index in [9.17, 15) is 23.1 Å². The summed E-state index contributed by atoms with van der Waals surface area (Å²) < 4.78 is 36.2. The van der Waals surface area contributed by atoms with E-state index in [2.05, 4.69) is 13.8 Å². The lowest BCUT2D eigenvalue weighted by molar-refractivity contribution is -0.205. The molecule has 0 bridgehead atoms. The van der Waals surface area contributed by atoms with Crippen LogP contribution in [0.5, 0.6) is 0 Å². The third-order valence-electron chi connectivity index (χ3n) is 12.2. The van der Waals surface area contributed by atoms with Crippen LogP contribution in [-0.2, 0) is 14.8 Å². The average Bonchev–Trinajstić information content (AvgIpc) is 3.20. The Hall–Kier alpha value is -1.91. The number of amides is 1. The molecule has 5 aliphatic rings. The highest BCUT2D eigenvalue weighted by molar-refractivity contribution is 7.88. The molecule has 8 atom stereocenters. The topological polar surface area (TPSA) is 117 Å². The summed E-state index contributed by atoms with van der Waals surface area (Å²) in [6.45, 7) is 6.01. The number of fused-ring (bicyclic) bond motifs is 5. The molecule has 0 radical (unpaired) electrons. The molecule has 1 N–H and O–H groups in total. The molecule has 222 valence electrons. The highest BCUT2D eigenvalue weighted by Crippen LogP contribution is 2.70. The number of ether oxygens (including phenoxy) is 1. The second-order valence-electron chi connectivity index (χ2n) is 13.8. The highest BCUT2D eigenvalue weighted by Gasteiger charge is 2.67. The van der Waals surface area contributed by atoms with Crippen LogP contribution in [0.2, 0.25) is 0 Å². The van der Waals surface area contributed by atoms with E-state index >= 15 is 0 Å². The summed E-state index contributed by atoms with van der Waals surface area (Å²) >= 11 is 0. The maximum Gasteiger partial charge on any atom is 0.410 e. The molecule has 4 aliphatic carbocycles. The van der Waals surface area contributed by atoms with Crippen LogP contribution in [0.25, 0.3) is 0 Å². The summed E-state index contributed by atoms with van der Waals surface area (Å²) in [5.41, 5.74) is -0.182. The van der Waals surface area contributed by atoms with Crippen molar-refractivity contribution in [2.45, 2.75) is 89.3 Å². The van der Waals surface area contributed by atoms with E-state index in [0.29, 0.717) is 38.0 Å². The number of nitrogens with zero attached hydrogens (tertiary/aromatic N) is 2. The van der Waals surface area contributed by atoms with Crippen molar-refractivity contribution in [1.82, 2.24) is 9.21 Å². The van der Waals surface area contributed by atoms with Crippen molar-refractivity contribution in [3.8, 4) is 0 Å². The Morgan fingerprint density at radius 2 is 1.75 bits per heavy atom. The zero-order valence-electron chi connectivity index (χ0n) is 24.0. The van der Waals surface area contributed by atoms with E-state index in [1.807, 2.05) is 6.07 Å². The van der Waals surface area contributed by atoms with Crippen LogP contribution in [0.15, 0.2) is 27.6 Å². The number of carbonyl (C=O) groups is 1. The predicted octanol–water partition coefficient (Wildman–Crippen LogP) is 3.96. The van der Waals surface area contributed by atoms with Gasteiger partial charge in [0.2, 0.25) is 10.0 Å². The summed E-state index contributed by atoms with van der Waals surface area (Å²) in [5.74, 6) is 1.33. The SMILES string of the molecule is C[C@]12CC[C@H](OC(=O)N3CCN(S(C)(=O)=O)CC3)C[C@H]1CC[C@@H]1[C@@H]2CC[C@]2(C)[C@@H](c3ccc(=O)oc3)CC[C@]12O. The number of piperazine rings is 1. The molecule has 4 saturated carbocycles. The molecule has 1 aliphatic heterocycles. The number of hydrogen-bond donors (Lipinski definition) is 1. The number of aliphatic hydroxyl groups is 1. The van der Waals surface area contributed by atoms with Crippen molar-refractivity contribution in [2.75, 3.05) is 32.4 Å². The largest absolute Gasteiger partial charge is 0.446 e. The maximum absolute atomic E-state index is 12.9. The van der Waals surface area contributed by atoms with Gasteiger partial charge >= 0.3 is 11.7 Å². The Labute approximate surface area is 237 Å². The standard InChI is InChI=1S/C30H44N2O7S/c1-28-11-8-22(39-27(34)31-14-16-32(17-15-31)40(3,36)37)18-21(28)5-6-25-24(28)9-12-29(2)23(10-13-30(25,29)35)20-4-7-26(33)38-19-20/h4,7,19,21-25,35H,5-6,8-18H2,1-3H3/t21-,22+,23-,24+,25-,28+,29-,30+/m1/s1. The molecule has 0 unspecified atom stereocenters. The molecule has 1 aromatic rings. The van der Waals surface area contributed by atoms with E-state index in [0.717, 1.165) is 63.4 Å². The molecule has 1 saturated heterocycles. The van der Waals surface area contributed by atoms with Gasteiger partial charge < -0.3 is 19.2 Å². The van der Waals surface area contributed by atoms with Crippen molar-refractivity contribution in [3.05, 3.63) is 34.4 Å². The molecule has 9 nitrogen and oxygen atoms in total. The molecular weight excluding hydrogens is 532 g/mol. The van der Waals surface area contributed by atoms with Crippen LogP contribution < -0.4 is 5.63 Å². The third-order valence-corrected chi connectivity index (χ3v) is 13.5. The van der Waals surface area contributed by atoms with Crippen LogP contribution in [0.1, 0.15) is 83.1 Å². The van der Waals surface area contributed by atoms with Crippen LogP contribution in [-0.4, -0.2) is 73.0 Å². The normalized spacial score (nSPS) is 42.0. The first-order chi connectivity index (χ1) is 18.8. The van der Waals surface area contributed by atoms with Gasteiger partial charge in [-0.05, 0) is 98.5 Å². The smallest absolute Gasteiger partial charge is 0.410 e. The van der Waals surface area contributed by atoms with Crippen molar-refractivity contribution in [1.29, 1.82) is 0 Å². The monoisotopic (exact) mass is 576 g/mol. The van der Waals surface area contributed by atoms with Crippen molar-refractivity contribution >= 4 is 16.1 Å². The van der Waals surface area contributed by atoms with Gasteiger partial charge in [0.25, 0.3) is 0 Å². The van der Waals surface area contributed by atoms with Gasteiger partial charge in [-0.3, -0.25) is 0 Å². The Balaban J connectivity index is 1.11. The van der Waals surface area contributed by atoms with E-state index in [1.54, 1.807) is 11.2 Å². The Bertz CT molecular complexity index is 1290. The van der Waals surface area contributed by atoms with Crippen molar-refractivity contribution in [3.63, 3.8) is 0 Å². The molecular formula is C30H44N2O7S. The van der Waals surface area contributed by atoms with Gasteiger partial charge in [-0.25, -0.2) is 18.0 Å². The summed E-state index contributed by atoms with van der Waals surface area (Å²) in [4.78, 5) is 26.1. The fourth-order valence-corrected chi connectivity index (χ4v) is 10.6. The van der Waals surface area contributed by atoms with Crippen molar-refractivity contribution < 1.29 is 27.5 Å². The number of carbonyl (C=O) groups excluding carboxylic acids is 1. The van der Waals surface area contributed by atoms with Crippen LogP contribution in [0.4, 0.5) is 4.79 Å². The Morgan fingerprint density at radius 1 is 1.00 bits per heavy atom. The molecule has 6 rings (SSSR count). The second-order valence-corrected chi connectivity index (χ2v) is 15.8. The summed E-state index contributed by atoms with van der Waals surface area (Å²) in [6.07, 6.45) is 10.8. The molecule has 1 aromatic heterocycles. The van der Waals surface area contributed by atoms with Gasteiger partial charge in [0.15, 0.2) is 0 Å². The number of rotatable bonds is 3. The molecule has 10 heteroatoms. The van der Waals surface area contributed by atoms with E-state index < -0.39 is 15.6 Å². The predicted molar refractivity (Wildman–Crippen MR) is 149 cm³/mol. The van der Waals surface area contributed by atoms with Gasteiger partial charge in [0, 0.05) is 37.7 Å².